The van der Waals surface area contributed by atoms with Crippen molar-refractivity contribution in [3.8, 4) is 0 Å². The van der Waals surface area contributed by atoms with Gasteiger partial charge in [-0.1, -0.05) is 43.1 Å². The summed E-state index contributed by atoms with van der Waals surface area (Å²) < 4.78 is 5.64. The van der Waals surface area contributed by atoms with Gasteiger partial charge in [0.15, 0.2) is 0 Å². The van der Waals surface area contributed by atoms with E-state index >= 15 is 0 Å². The second kappa shape index (κ2) is 11.9. The molecule has 0 unspecified atom stereocenters. The second-order valence-electron chi connectivity index (χ2n) is 4.68. The van der Waals surface area contributed by atoms with E-state index in [2.05, 4.69) is 41.6 Å². The van der Waals surface area contributed by atoms with Crippen LogP contribution in [0, 0.1) is 5.92 Å². The van der Waals surface area contributed by atoms with Gasteiger partial charge in [0.05, 0.1) is 6.61 Å². The lowest BCUT2D eigenvalue weighted by molar-refractivity contribution is 0.0975. The Labute approximate surface area is 110 Å². The van der Waals surface area contributed by atoms with Crippen molar-refractivity contribution in [3.63, 3.8) is 0 Å². The van der Waals surface area contributed by atoms with Gasteiger partial charge < -0.3 is 9.64 Å². The summed E-state index contributed by atoms with van der Waals surface area (Å²) in [6.45, 7) is 11.9. The van der Waals surface area contributed by atoms with Gasteiger partial charge in [0.1, 0.15) is 0 Å². The van der Waals surface area contributed by atoms with Crippen LogP contribution >= 0.6 is 15.9 Å². The molecule has 0 aromatic heterocycles. The van der Waals surface area contributed by atoms with E-state index in [-0.39, 0.29) is 0 Å². The molecule has 0 aromatic rings. The van der Waals surface area contributed by atoms with Crippen molar-refractivity contribution >= 4 is 15.9 Å². The summed E-state index contributed by atoms with van der Waals surface area (Å²) in [5, 5.41) is 1.06. The molecule has 0 atom stereocenters. The van der Waals surface area contributed by atoms with Crippen molar-refractivity contribution in [2.45, 2.75) is 40.0 Å². The first-order valence-electron chi connectivity index (χ1n) is 6.56. The Kier molecular flexibility index (Phi) is 12.2. The van der Waals surface area contributed by atoms with Crippen LogP contribution in [0.4, 0.5) is 0 Å². The predicted molar refractivity (Wildman–Crippen MR) is 75.4 cm³/mol. The SMILES string of the molecule is CCCCN(CCBr)CCOCCC(C)C. The monoisotopic (exact) mass is 293 g/mol. The standard InChI is InChI=1S/C13H28BrNO/c1-4-5-8-15(9-7-14)10-12-16-11-6-13(2)3/h13H,4-12H2,1-3H3. The van der Waals surface area contributed by atoms with Crippen LogP contribution in [0.5, 0.6) is 0 Å². The second-order valence-corrected chi connectivity index (χ2v) is 5.47. The molecule has 0 fully saturated rings. The van der Waals surface area contributed by atoms with Crippen LogP contribution in [0.3, 0.4) is 0 Å². The highest BCUT2D eigenvalue weighted by Gasteiger charge is 2.03. The number of ether oxygens (including phenoxy) is 1. The molecule has 3 heteroatoms. The average Bonchev–Trinajstić information content (AvgIpc) is 2.24. The van der Waals surface area contributed by atoms with Crippen molar-refractivity contribution in [1.29, 1.82) is 0 Å². The maximum absolute atomic E-state index is 5.64. The fraction of sp³-hybridized carbons (Fsp3) is 1.00. The minimum absolute atomic E-state index is 0.749. The highest BCUT2D eigenvalue weighted by Crippen LogP contribution is 2.00. The number of alkyl halides is 1. The van der Waals surface area contributed by atoms with Crippen molar-refractivity contribution in [2.75, 3.05) is 38.2 Å². The number of hydrogen-bond donors (Lipinski definition) is 0. The van der Waals surface area contributed by atoms with E-state index in [1.165, 1.54) is 25.8 Å². The van der Waals surface area contributed by atoms with Crippen LogP contribution in [0.1, 0.15) is 40.0 Å². The lowest BCUT2D eigenvalue weighted by Crippen LogP contribution is -2.30. The Bertz CT molecular complexity index is 142. The van der Waals surface area contributed by atoms with E-state index in [0.717, 1.165) is 37.6 Å². The van der Waals surface area contributed by atoms with Crippen molar-refractivity contribution in [3.05, 3.63) is 0 Å². The number of hydrogen-bond acceptors (Lipinski definition) is 2. The summed E-state index contributed by atoms with van der Waals surface area (Å²) in [6, 6.07) is 0. The van der Waals surface area contributed by atoms with Crippen molar-refractivity contribution in [2.24, 2.45) is 5.92 Å². The molecule has 16 heavy (non-hydrogen) atoms. The minimum atomic E-state index is 0.749. The van der Waals surface area contributed by atoms with Gasteiger partial charge in [-0.15, -0.1) is 0 Å². The summed E-state index contributed by atoms with van der Waals surface area (Å²) in [4.78, 5) is 2.48. The largest absolute Gasteiger partial charge is 0.380 e. The van der Waals surface area contributed by atoms with Gasteiger partial charge in [-0.05, 0) is 25.3 Å². The van der Waals surface area contributed by atoms with E-state index in [4.69, 9.17) is 4.74 Å². The lowest BCUT2D eigenvalue weighted by Gasteiger charge is -2.20. The number of nitrogens with zero attached hydrogens (tertiary/aromatic N) is 1. The molecule has 0 aliphatic heterocycles. The normalized spacial score (nSPS) is 11.6. The molecular weight excluding hydrogens is 266 g/mol. The zero-order valence-corrected chi connectivity index (χ0v) is 12.8. The maximum Gasteiger partial charge on any atom is 0.0593 e. The number of rotatable bonds is 11. The summed E-state index contributed by atoms with van der Waals surface area (Å²) in [6.07, 6.45) is 3.74. The van der Waals surface area contributed by atoms with Gasteiger partial charge in [0.2, 0.25) is 0 Å². The first kappa shape index (κ1) is 16.4. The van der Waals surface area contributed by atoms with E-state index in [1.807, 2.05) is 0 Å². The van der Waals surface area contributed by atoms with Gasteiger partial charge in [0.25, 0.3) is 0 Å². The molecule has 0 saturated carbocycles. The first-order chi connectivity index (χ1) is 7.70. The van der Waals surface area contributed by atoms with Crippen LogP contribution in [-0.2, 0) is 4.74 Å². The molecule has 0 heterocycles. The first-order valence-corrected chi connectivity index (χ1v) is 7.68. The molecule has 0 amide bonds. The quantitative estimate of drug-likeness (QED) is 0.427. The summed E-state index contributed by atoms with van der Waals surface area (Å²) >= 11 is 3.50. The lowest BCUT2D eigenvalue weighted by atomic mass is 10.1. The third kappa shape index (κ3) is 10.9. The van der Waals surface area contributed by atoms with Gasteiger partial charge in [-0.25, -0.2) is 0 Å². The number of halogens is 1. The molecule has 2 nitrogen and oxygen atoms in total. The molecule has 0 rings (SSSR count). The van der Waals surface area contributed by atoms with Gasteiger partial charge in [-0.2, -0.15) is 0 Å². The van der Waals surface area contributed by atoms with Crippen LogP contribution in [0.2, 0.25) is 0 Å². The molecule has 98 valence electrons. The van der Waals surface area contributed by atoms with Crippen molar-refractivity contribution < 1.29 is 4.74 Å². The highest BCUT2D eigenvalue weighted by molar-refractivity contribution is 9.09. The molecule has 0 saturated heterocycles. The molecule has 0 N–H and O–H groups in total. The molecule has 0 radical (unpaired) electrons. The summed E-state index contributed by atoms with van der Waals surface area (Å²) in [7, 11) is 0. The Hall–Kier alpha value is 0.400. The van der Waals surface area contributed by atoms with Gasteiger partial charge >= 0.3 is 0 Å². The van der Waals surface area contributed by atoms with E-state index in [1.54, 1.807) is 0 Å². The predicted octanol–water partition coefficient (Wildman–Crippen LogP) is 3.55. The van der Waals surface area contributed by atoms with Crippen LogP contribution in [0.25, 0.3) is 0 Å². The van der Waals surface area contributed by atoms with Gasteiger partial charge in [0, 0.05) is 25.0 Å². The third-order valence-corrected chi connectivity index (χ3v) is 2.97. The molecule has 0 bridgehead atoms. The fourth-order valence-corrected chi connectivity index (χ4v) is 1.95. The fourth-order valence-electron chi connectivity index (χ4n) is 1.45. The molecule has 0 aliphatic carbocycles. The van der Waals surface area contributed by atoms with Crippen LogP contribution in [0.15, 0.2) is 0 Å². The van der Waals surface area contributed by atoms with E-state index in [0.29, 0.717) is 0 Å². The van der Waals surface area contributed by atoms with Crippen LogP contribution in [-0.4, -0.2) is 43.1 Å². The molecule has 0 aromatic carbocycles. The Morgan fingerprint density at radius 1 is 1.12 bits per heavy atom. The topological polar surface area (TPSA) is 12.5 Å². The maximum atomic E-state index is 5.64. The van der Waals surface area contributed by atoms with E-state index < -0.39 is 0 Å². The molecule has 0 aliphatic rings. The zero-order chi connectivity index (χ0) is 12.2. The van der Waals surface area contributed by atoms with Crippen molar-refractivity contribution in [1.82, 2.24) is 4.90 Å². The van der Waals surface area contributed by atoms with Gasteiger partial charge in [-0.3, -0.25) is 0 Å². The Morgan fingerprint density at radius 2 is 1.88 bits per heavy atom. The average molecular weight is 294 g/mol. The third-order valence-electron chi connectivity index (χ3n) is 2.62. The molecule has 0 spiro atoms. The minimum Gasteiger partial charge on any atom is -0.380 e. The zero-order valence-electron chi connectivity index (χ0n) is 11.2. The highest BCUT2D eigenvalue weighted by atomic mass is 79.9. The summed E-state index contributed by atoms with van der Waals surface area (Å²) in [5.74, 6) is 0.749. The number of unbranched alkanes of at least 4 members (excludes halogenated alkanes) is 1. The van der Waals surface area contributed by atoms with Crippen LogP contribution < -0.4 is 0 Å². The Morgan fingerprint density at radius 3 is 2.44 bits per heavy atom. The Balaban J connectivity index is 3.43. The van der Waals surface area contributed by atoms with E-state index in [9.17, 15) is 0 Å². The summed E-state index contributed by atoms with van der Waals surface area (Å²) in [5.41, 5.74) is 0. The smallest absolute Gasteiger partial charge is 0.0593 e. The molecular formula is C13H28BrNO.